The molecule has 7 heteroatoms. The van der Waals surface area contributed by atoms with E-state index in [0.29, 0.717) is 23.1 Å². The van der Waals surface area contributed by atoms with Crippen LogP contribution in [0.5, 0.6) is 0 Å². The summed E-state index contributed by atoms with van der Waals surface area (Å²) in [5.74, 6) is 0.389. The molecule has 0 aliphatic rings. The SMILES string of the molecule is CN(C)CCCNc1cc(C(=O)NCc2ccccc2Cl)ncn1. The van der Waals surface area contributed by atoms with E-state index in [4.69, 9.17) is 11.6 Å². The van der Waals surface area contributed by atoms with E-state index in [0.717, 1.165) is 25.1 Å². The zero-order chi connectivity index (χ0) is 17.4. The van der Waals surface area contributed by atoms with Crippen molar-refractivity contribution in [1.29, 1.82) is 0 Å². The van der Waals surface area contributed by atoms with Gasteiger partial charge in [-0.25, -0.2) is 9.97 Å². The molecule has 24 heavy (non-hydrogen) atoms. The van der Waals surface area contributed by atoms with Gasteiger partial charge in [0.05, 0.1) is 0 Å². The van der Waals surface area contributed by atoms with Gasteiger partial charge in [0.1, 0.15) is 17.8 Å². The number of benzene rings is 1. The Kier molecular flexibility index (Phi) is 6.96. The predicted octanol–water partition coefficient (Wildman–Crippen LogP) is 2.42. The maximum atomic E-state index is 12.2. The van der Waals surface area contributed by atoms with Crippen LogP contribution >= 0.6 is 11.6 Å². The van der Waals surface area contributed by atoms with Crippen LogP contribution in [0.3, 0.4) is 0 Å². The van der Waals surface area contributed by atoms with Crippen LogP contribution in [-0.4, -0.2) is 48.0 Å². The van der Waals surface area contributed by atoms with Crippen LogP contribution in [0.25, 0.3) is 0 Å². The summed E-state index contributed by atoms with van der Waals surface area (Å²) in [5.41, 5.74) is 1.19. The second kappa shape index (κ2) is 9.20. The van der Waals surface area contributed by atoms with Crippen LogP contribution in [0.2, 0.25) is 5.02 Å². The maximum Gasteiger partial charge on any atom is 0.270 e. The first-order valence-electron chi connectivity index (χ1n) is 7.78. The molecule has 1 amide bonds. The molecule has 1 aromatic heterocycles. The van der Waals surface area contributed by atoms with E-state index in [-0.39, 0.29) is 5.91 Å². The molecule has 0 aliphatic carbocycles. The molecule has 0 saturated heterocycles. The Morgan fingerprint density at radius 1 is 1.25 bits per heavy atom. The number of halogens is 1. The lowest BCUT2D eigenvalue weighted by atomic mass is 10.2. The summed E-state index contributed by atoms with van der Waals surface area (Å²) in [6, 6.07) is 9.06. The van der Waals surface area contributed by atoms with Crippen molar-refractivity contribution in [3.05, 3.63) is 52.9 Å². The molecule has 2 aromatic rings. The highest BCUT2D eigenvalue weighted by atomic mass is 35.5. The molecule has 0 aliphatic heterocycles. The predicted molar refractivity (Wildman–Crippen MR) is 96.3 cm³/mol. The van der Waals surface area contributed by atoms with E-state index in [1.165, 1.54) is 6.33 Å². The molecule has 2 rings (SSSR count). The number of amides is 1. The lowest BCUT2D eigenvalue weighted by molar-refractivity contribution is 0.0946. The fourth-order valence-electron chi connectivity index (χ4n) is 2.10. The number of anilines is 1. The monoisotopic (exact) mass is 347 g/mol. The molecule has 1 heterocycles. The van der Waals surface area contributed by atoms with Gasteiger partial charge in [-0.05, 0) is 38.7 Å². The Hall–Kier alpha value is -2.18. The highest BCUT2D eigenvalue weighted by Crippen LogP contribution is 2.14. The molecule has 0 spiro atoms. The smallest absolute Gasteiger partial charge is 0.270 e. The molecule has 6 nitrogen and oxygen atoms in total. The summed E-state index contributed by atoms with van der Waals surface area (Å²) in [6.45, 7) is 2.13. The van der Waals surface area contributed by atoms with Gasteiger partial charge in [0.2, 0.25) is 0 Å². The molecule has 1 aromatic carbocycles. The number of hydrogen-bond acceptors (Lipinski definition) is 5. The Morgan fingerprint density at radius 3 is 2.79 bits per heavy atom. The summed E-state index contributed by atoms with van der Waals surface area (Å²) in [5, 5.41) is 6.65. The minimum atomic E-state index is -0.256. The molecule has 0 fully saturated rings. The second-order valence-corrected chi connectivity index (χ2v) is 6.05. The fourth-order valence-corrected chi connectivity index (χ4v) is 2.30. The van der Waals surface area contributed by atoms with E-state index in [9.17, 15) is 4.79 Å². The zero-order valence-electron chi connectivity index (χ0n) is 13.9. The normalized spacial score (nSPS) is 10.7. The van der Waals surface area contributed by atoms with Gasteiger partial charge in [0, 0.05) is 24.2 Å². The summed E-state index contributed by atoms with van der Waals surface area (Å²) >= 11 is 6.08. The number of carbonyl (C=O) groups is 1. The quantitative estimate of drug-likeness (QED) is 0.718. The molecular weight excluding hydrogens is 326 g/mol. The first-order valence-corrected chi connectivity index (χ1v) is 8.16. The lowest BCUT2D eigenvalue weighted by Gasteiger charge is -2.10. The third kappa shape index (κ3) is 5.79. The fraction of sp³-hybridized carbons (Fsp3) is 0.353. The summed E-state index contributed by atoms with van der Waals surface area (Å²) in [7, 11) is 4.07. The van der Waals surface area contributed by atoms with Crippen LogP contribution in [0.15, 0.2) is 36.7 Å². The van der Waals surface area contributed by atoms with E-state index < -0.39 is 0 Å². The van der Waals surface area contributed by atoms with Crippen LogP contribution < -0.4 is 10.6 Å². The molecule has 0 radical (unpaired) electrons. The van der Waals surface area contributed by atoms with E-state index in [1.54, 1.807) is 12.1 Å². The van der Waals surface area contributed by atoms with E-state index >= 15 is 0 Å². The molecule has 128 valence electrons. The van der Waals surface area contributed by atoms with E-state index in [2.05, 4.69) is 25.5 Å². The third-order valence-corrected chi connectivity index (χ3v) is 3.75. The Balaban J connectivity index is 1.88. The Bertz CT molecular complexity index is 678. The van der Waals surface area contributed by atoms with Gasteiger partial charge in [0.15, 0.2) is 0 Å². The van der Waals surface area contributed by atoms with Gasteiger partial charge in [-0.2, -0.15) is 0 Å². The number of aromatic nitrogens is 2. The van der Waals surface area contributed by atoms with Gasteiger partial charge in [-0.15, -0.1) is 0 Å². The third-order valence-electron chi connectivity index (χ3n) is 3.39. The Labute approximate surface area is 147 Å². The standard InChI is InChI=1S/C17H22ClN5O/c1-23(2)9-5-8-19-16-10-15(21-12-22-16)17(24)20-11-13-6-3-4-7-14(13)18/h3-4,6-7,10,12H,5,8-9,11H2,1-2H3,(H,20,24)(H,19,21,22). The lowest BCUT2D eigenvalue weighted by Crippen LogP contribution is -2.24. The van der Waals surface area contributed by atoms with Crippen LogP contribution in [0, 0.1) is 0 Å². The first-order chi connectivity index (χ1) is 11.6. The first kappa shape index (κ1) is 18.2. The minimum Gasteiger partial charge on any atom is -0.370 e. The number of carbonyl (C=O) groups excluding carboxylic acids is 1. The van der Waals surface area contributed by atoms with Gasteiger partial charge in [-0.3, -0.25) is 4.79 Å². The van der Waals surface area contributed by atoms with Gasteiger partial charge < -0.3 is 15.5 Å². The van der Waals surface area contributed by atoms with Crippen molar-refractivity contribution in [2.75, 3.05) is 32.5 Å². The maximum absolute atomic E-state index is 12.2. The summed E-state index contributed by atoms with van der Waals surface area (Å²) < 4.78 is 0. The van der Waals surface area contributed by atoms with Gasteiger partial charge in [0.25, 0.3) is 5.91 Å². The molecule has 0 saturated carbocycles. The van der Waals surface area contributed by atoms with Gasteiger partial charge >= 0.3 is 0 Å². The van der Waals surface area contributed by atoms with Crippen molar-refractivity contribution < 1.29 is 4.79 Å². The summed E-state index contributed by atoms with van der Waals surface area (Å²) in [6.07, 6.45) is 2.38. The molecule has 0 atom stereocenters. The van der Waals surface area contributed by atoms with Gasteiger partial charge in [-0.1, -0.05) is 29.8 Å². The average molecular weight is 348 g/mol. The number of nitrogens with one attached hydrogen (secondary N) is 2. The highest BCUT2D eigenvalue weighted by molar-refractivity contribution is 6.31. The number of rotatable bonds is 8. The molecular formula is C17H22ClN5O. The van der Waals surface area contributed by atoms with Crippen molar-refractivity contribution in [2.45, 2.75) is 13.0 Å². The van der Waals surface area contributed by atoms with Crippen LogP contribution in [0.1, 0.15) is 22.5 Å². The molecule has 2 N–H and O–H groups in total. The number of hydrogen-bond donors (Lipinski definition) is 2. The molecule has 0 unspecified atom stereocenters. The largest absolute Gasteiger partial charge is 0.370 e. The number of nitrogens with zero attached hydrogens (tertiary/aromatic N) is 3. The van der Waals surface area contributed by atoms with Crippen molar-refractivity contribution in [2.24, 2.45) is 0 Å². The zero-order valence-corrected chi connectivity index (χ0v) is 14.7. The van der Waals surface area contributed by atoms with Crippen LogP contribution in [-0.2, 0) is 6.54 Å². The van der Waals surface area contributed by atoms with Crippen molar-refractivity contribution in [3.8, 4) is 0 Å². The van der Waals surface area contributed by atoms with Crippen molar-refractivity contribution in [1.82, 2.24) is 20.2 Å². The molecule has 0 bridgehead atoms. The van der Waals surface area contributed by atoms with Crippen LogP contribution in [0.4, 0.5) is 5.82 Å². The summed E-state index contributed by atoms with van der Waals surface area (Å²) in [4.78, 5) is 22.5. The van der Waals surface area contributed by atoms with Crippen molar-refractivity contribution >= 4 is 23.3 Å². The topological polar surface area (TPSA) is 70.2 Å². The average Bonchev–Trinajstić information content (AvgIpc) is 2.58. The van der Waals surface area contributed by atoms with E-state index in [1.807, 2.05) is 32.3 Å². The Morgan fingerprint density at radius 2 is 2.04 bits per heavy atom. The highest BCUT2D eigenvalue weighted by Gasteiger charge is 2.09. The minimum absolute atomic E-state index is 0.256. The second-order valence-electron chi connectivity index (χ2n) is 5.65. The van der Waals surface area contributed by atoms with Crippen molar-refractivity contribution in [3.63, 3.8) is 0 Å².